The van der Waals surface area contributed by atoms with Gasteiger partial charge in [-0.25, -0.2) is 0 Å². The van der Waals surface area contributed by atoms with E-state index in [4.69, 9.17) is 16.3 Å². The maximum absolute atomic E-state index is 6.15. The Labute approximate surface area is 129 Å². The largest absolute Gasteiger partial charge is 0.485 e. The van der Waals surface area contributed by atoms with Gasteiger partial charge in [0.15, 0.2) is 0 Å². The van der Waals surface area contributed by atoms with Crippen LogP contribution in [0.5, 0.6) is 5.75 Å². The molecule has 20 heavy (non-hydrogen) atoms. The predicted molar refractivity (Wildman–Crippen MR) is 83.0 cm³/mol. The molecule has 3 rings (SSSR count). The number of pyridine rings is 2. The van der Waals surface area contributed by atoms with Crippen LogP contribution in [-0.2, 0) is 6.61 Å². The second-order valence-electron chi connectivity index (χ2n) is 4.20. The topological polar surface area (TPSA) is 35.0 Å². The molecule has 0 spiro atoms. The van der Waals surface area contributed by atoms with E-state index < -0.39 is 0 Å². The minimum atomic E-state index is 0.389. The smallest absolute Gasteiger partial charge is 0.146 e. The molecule has 0 unspecified atom stereocenters. The van der Waals surface area contributed by atoms with E-state index in [1.165, 1.54) is 0 Å². The van der Waals surface area contributed by atoms with Gasteiger partial charge in [-0.3, -0.25) is 9.97 Å². The molecule has 0 fully saturated rings. The maximum atomic E-state index is 6.15. The first-order valence-corrected chi connectivity index (χ1v) is 7.17. The van der Waals surface area contributed by atoms with Crippen LogP contribution in [0.3, 0.4) is 0 Å². The molecule has 0 amide bonds. The number of hydrogen-bond donors (Lipinski definition) is 0. The number of fused-ring (bicyclic) bond motifs is 1. The van der Waals surface area contributed by atoms with Crippen molar-refractivity contribution in [1.82, 2.24) is 9.97 Å². The summed E-state index contributed by atoms with van der Waals surface area (Å²) in [5, 5.41) is 1.55. The van der Waals surface area contributed by atoms with Gasteiger partial charge in [-0.2, -0.15) is 0 Å². The highest BCUT2D eigenvalue weighted by molar-refractivity contribution is 9.10. The molecule has 0 saturated carbocycles. The van der Waals surface area contributed by atoms with Crippen LogP contribution in [0.25, 0.3) is 10.9 Å². The summed E-state index contributed by atoms with van der Waals surface area (Å²) in [6.45, 7) is 0.389. The van der Waals surface area contributed by atoms with Crippen LogP contribution >= 0.6 is 27.5 Å². The van der Waals surface area contributed by atoms with Crippen molar-refractivity contribution < 1.29 is 4.74 Å². The Kier molecular flexibility index (Phi) is 3.85. The van der Waals surface area contributed by atoms with E-state index >= 15 is 0 Å². The monoisotopic (exact) mass is 348 g/mol. The van der Waals surface area contributed by atoms with Gasteiger partial charge in [0.05, 0.1) is 10.7 Å². The maximum Gasteiger partial charge on any atom is 0.146 e. The van der Waals surface area contributed by atoms with Gasteiger partial charge in [-0.05, 0) is 52.3 Å². The van der Waals surface area contributed by atoms with Crippen molar-refractivity contribution >= 4 is 38.4 Å². The van der Waals surface area contributed by atoms with Crippen molar-refractivity contribution in [1.29, 1.82) is 0 Å². The van der Waals surface area contributed by atoms with Crippen molar-refractivity contribution in [2.24, 2.45) is 0 Å². The first-order chi connectivity index (χ1) is 9.74. The van der Waals surface area contributed by atoms with Crippen LogP contribution in [0.4, 0.5) is 0 Å². The molecule has 0 atom stereocenters. The van der Waals surface area contributed by atoms with Crippen molar-refractivity contribution in [2.45, 2.75) is 6.61 Å². The molecule has 2 aromatic heterocycles. The van der Waals surface area contributed by atoms with Gasteiger partial charge in [0.1, 0.15) is 17.9 Å². The van der Waals surface area contributed by atoms with E-state index in [0.29, 0.717) is 17.4 Å². The van der Waals surface area contributed by atoms with Crippen molar-refractivity contribution in [3.05, 3.63) is 64.0 Å². The lowest BCUT2D eigenvalue weighted by atomic mass is 10.2. The van der Waals surface area contributed by atoms with Crippen LogP contribution in [0, 0.1) is 0 Å². The van der Waals surface area contributed by atoms with Crippen LogP contribution in [0.1, 0.15) is 5.69 Å². The zero-order chi connectivity index (χ0) is 13.9. The standard InChI is InChI=1S/C15H10BrClN2O/c16-10-3-4-11(19-8-10)9-20-14-6-5-13(17)12-2-1-7-18-15(12)14/h1-8H,9H2. The Morgan fingerprint density at radius 2 is 2.00 bits per heavy atom. The lowest BCUT2D eigenvalue weighted by Crippen LogP contribution is -1.99. The quantitative estimate of drug-likeness (QED) is 0.692. The van der Waals surface area contributed by atoms with Gasteiger partial charge >= 0.3 is 0 Å². The number of nitrogens with zero attached hydrogens (tertiary/aromatic N) is 2. The van der Waals surface area contributed by atoms with E-state index in [-0.39, 0.29) is 0 Å². The molecular weight excluding hydrogens is 340 g/mol. The molecule has 3 nitrogen and oxygen atoms in total. The molecule has 1 aromatic carbocycles. The predicted octanol–water partition coefficient (Wildman–Crippen LogP) is 4.62. The van der Waals surface area contributed by atoms with Crippen LogP contribution in [0.2, 0.25) is 5.02 Å². The Morgan fingerprint density at radius 3 is 2.80 bits per heavy atom. The van der Waals surface area contributed by atoms with Gasteiger partial charge in [0.2, 0.25) is 0 Å². The van der Waals surface area contributed by atoms with Gasteiger partial charge in [-0.1, -0.05) is 11.6 Å². The Bertz CT molecular complexity index is 746. The summed E-state index contributed by atoms with van der Waals surface area (Å²) in [7, 11) is 0. The highest BCUT2D eigenvalue weighted by Crippen LogP contribution is 2.29. The molecule has 0 aliphatic rings. The highest BCUT2D eigenvalue weighted by atomic mass is 79.9. The zero-order valence-electron chi connectivity index (χ0n) is 10.4. The summed E-state index contributed by atoms with van der Waals surface area (Å²) in [5.41, 5.74) is 1.62. The van der Waals surface area contributed by atoms with E-state index in [0.717, 1.165) is 21.1 Å². The van der Waals surface area contributed by atoms with E-state index in [9.17, 15) is 0 Å². The number of halogens is 2. The normalized spacial score (nSPS) is 10.7. The van der Waals surface area contributed by atoms with Gasteiger partial charge in [0, 0.05) is 22.3 Å². The van der Waals surface area contributed by atoms with Crippen LogP contribution in [0.15, 0.2) is 53.3 Å². The molecule has 0 aliphatic heterocycles. The molecule has 0 saturated heterocycles. The Balaban J connectivity index is 1.88. The fourth-order valence-corrected chi connectivity index (χ4v) is 2.32. The molecule has 0 aliphatic carbocycles. The molecule has 5 heteroatoms. The number of ether oxygens (including phenoxy) is 1. The molecule has 0 N–H and O–H groups in total. The number of aromatic nitrogens is 2. The molecule has 0 radical (unpaired) electrons. The number of benzene rings is 1. The first kappa shape index (κ1) is 13.3. The number of hydrogen-bond acceptors (Lipinski definition) is 3. The van der Waals surface area contributed by atoms with Gasteiger partial charge < -0.3 is 4.74 Å². The first-order valence-electron chi connectivity index (χ1n) is 6.00. The fraction of sp³-hybridized carbons (Fsp3) is 0.0667. The molecule has 3 aromatic rings. The third-order valence-electron chi connectivity index (χ3n) is 2.84. The van der Waals surface area contributed by atoms with Crippen LogP contribution in [-0.4, -0.2) is 9.97 Å². The van der Waals surface area contributed by atoms with Crippen molar-refractivity contribution in [3.8, 4) is 5.75 Å². The third-order valence-corrected chi connectivity index (χ3v) is 3.64. The average molecular weight is 350 g/mol. The lowest BCUT2D eigenvalue weighted by molar-refractivity contribution is 0.304. The molecule has 100 valence electrons. The third kappa shape index (κ3) is 2.76. The summed E-state index contributed by atoms with van der Waals surface area (Å²) in [4.78, 5) is 8.60. The Hall–Kier alpha value is -1.65. The second-order valence-corrected chi connectivity index (χ2v) is 5.52. The summed E-state index contributed by atoms with van der Waals surface area (Å²) in [5.74, 6) is 0.703. The van der Waals surface area contributed by atoms with E-state index in [1.54, 1.807) is 12.4 Å². The molecule has 0 bridgehead atoms. The zero-order valence-corrected chi connectivity index (χ0v) is 12.7. The molecular formula is C15H10BrClN2O. The van der Waals surface area contributed by atoms with Gasteiger partial charge in [0.25, 0.3) is 0 Å². The number of rotatable bonds is 3. The van der Waals surface area contributed by atoms with Crippen molar-refractivity contribution in [3.63, 3.8) is 0 Å². The Morgan fingerprint density at radius 1 is 1.10 bits per heavy atom. The summed E-state index contributed by atoms with van der Waals surface area (Å²) in [6.07, 6.45) is 3.47. The minimum Gasteiger partial charge on any atom is -0.485 e. The van der Waals surface area contributed by atoms with E-state index in [1.807, 2.05) is 36.4 Å². The minimum absolute atomic E-state index is 0.389. The highest BCUT2D eigenvalue weighted by Gasteiger charge is 2.07. The average Bonchev–Trinajstić information content (AvgIpc) is 2.49. The van der Waals surface area contributed by atoms with Gasteiger partial charge in [-0.15, -0.1) is 0 Å². The van der Waals surface area contributed by atoms with E-state index in [2.05, 4.69) is 25.9 Å². The summed E-state index contributed by atoms with van der Waals surface area (Å²) >= 11 is 9.50. The fourth-order valence-electron chi connectivity index (χ4n) is 1.87. The summed E-state index contributed by atoms with van der Waals surface area (Å²) in [6, 6.07) is 11.3. The van der Waals surface area contributed by atoms with Crippen LogP contribution < -0.4 is 4.74 Å². The second kappa shape index (κ2) is 5.77. The SMILES string of the molecule is Clc1ccc(OCc2ccc(Br)cn2)c2ncccc12. The molecule has 2 heterocycles. The summed E-state index contributed by atoms with van der Waals surface area (Å²) < 4.78 is 6.75. The van der Waals surface area contributed by atoms with Crippen molar-refractivity contribution in [2.75, 3.05) is 0 Å². The lowest BCUT2D eigenvalue weighted by Gasteiger charge is -2.09.